The Labute approximate surface area is 143 Å². The van der Waals surface area contributed by atoms with Gasteiger partial charge in [0.15, 0.2) is 0 Å². The van der Waals surface area contributed by atoms with Crippen molar-refractivity contribution in [2.75, 3.05) is 46.6 Å². The first-order valence-electron chi connectivity index (χ1n) is 8.32. The van der Waals surface area contributed by atoms with Crippen LogP contribution in [0, 0.1) is 0 Å². The van der Waals surface area contributed by atoms with Gasteiger partial charge in [-0.25, -0.2) is 0 Å². The summed E-state index contributed by atoms with van der Waals surface area (Å²) in [5.74, 6) is -0.0204. The minimum absolute atomic E-state index is 0.00224. The first-order chi connectivity index (χ1) is 11.6. The van der Waals surface area contributed by atoms with E-state index in [2.05, 4.69) is 0 Å². The molecule has 1 saturated heterocycles. The molecule has 0 aliphatic carbocycles. The first kappa shape index (κ1) is 18.4. The minimum Gasteiger partial charge on any atom is -0.382 e. The Balaban J connectivity index is 1.82. The van der Waals surface area contributed by atoms with Crippen LogP contribution in [-0.2, 0) is 25.5 Å². The maximum Gasteiger partial charge on any atom is 0.245 e. The lowest BCUT2D eigenvalue weighted by Crippen LogP contribution is -2.59. The third kappa shape index (κ3) is 5.04. The molecule has 6 nitrogen and oxygen atoms in total. The van der Waals surface area contributed by atoms with E-state index in [1.54, 1.807) is 23.8 Å². The molecule has 1 aliphatic rings. The van der Waals surface area contributed by atoms with E-state index >= 15 is 0 Å². The summed E-state index contributed by atoms with van der Waals surface area (Å²) in [5, 5.41) is 0. The number of hydrogen-bond donors (Lipinski definition) is 0. The van der Waals surface area contributed by atoms with Crippen LogP contribution >= 0.6 is 0 Å². The second-order valence-corrected chi connectivity index (χ2v) is 5.86. The van der Waals surface area contributed by atoms with E-state index in [0.717, 1.165) is 6.42 Å². The standard InChI is InChI=1S/C18H26N2O4/c1-15-18(22)19(9-8-16-6-4-3-5-7-16)14-17(21)20(15)10-11-24-13-12-23-2/h3-7,15H,8-14H2,1-2H3/t15-/m1/s1. The Hall–Kier alpha value is -1.92. The van der Waals surface area contributed by atoms with E-state index in [4.69, 9.17) is 9.47 Å². The van der Waals surface area contributed by atoms with Gasteiger partial charge in [-0.1, -0.05) is 30.3 Å². The fourth-order valence-electron chi connectivity index (χ4n) is 2.77. The lowest BCUT2D eigenvalue weighted by molar-refractivity contribution is -0.155. The molecule has 1 fully saturated rings. The highest BCUT2D eigenvalue weighted by atomic mass is 16.5. The van der Waals surface area contributed by atoms with Crippen LogP contribution in [0.3, 0.4) is 0 Å². The van der Waals surface area contributed by atoms with E-state index in [0.29, 0.717) is 32.9 Å². The van der Waals surface area contributed by atoms with Crippen LogP contribution in [0.25, 0.3) is 0 Å². The van der Waals surface area contributed by atoms with Gasteiger partial charge in [0, 0.05) is 20.2 Å². The molecule has 2 amide bonds. The van der Waals surface area contributed by atoms with E-state index in [1.165, 1.54) is 5.56 Å². The average molecular weight is 334 g/mol. The van der Waals surface area contributed by atoms with Crippen molar-refractivity contribution in [1.82, 2.24) is 9.80 Å². The molecule has 0 unspecified atom stereocenters. The van der Waals surface area contributed by atoms with Gasteiger partial charge in [0.05, 0.1) is 26.4 Å². The Morgan fingerprint density at radius 2 is 1.83 bits per heavy atom. The predicted octanol–water partition coefficient (Wildman–Crippen LogP) is 0.951. The molecule has 1 heterocycles. The second-order valence-electron chi connectivity index (χ2n) is 5.86. The third-order valence-corrected chi connectivity index (χ3v) is 4.20. The number of benzene rings is 1. The normalized spacial score (nSPS) is 18.3. The Morgan fingerprint density at radius 1 is 1.08 bits per heavy atom. The van der Waals surface area contributed by atoms with Crippen LogP contribution in [0.4, 0.5) is 0 Å². The van der Waals surface area contributed by atoms with Gasteiger partial charge in [0.1, 0.15) is 6.04 Å². The van der Waals surface area contributed by atoms with Gasteiger partial charge in [0.25, 0.3) is 0 Å². The van der Waals surface area contributed by atoms with E-state index in [1.807, 2.05) is 30.3 Å². The SMILES string of the molecule is COCCOCCN1C(=O)CN(CCc2ccccc2)C(=O)[C@H]1C. The van der Waals surface area contributed by atoms with Crippen LogP contribution in [0.1, 0.15) is 12.5 Å². The average Bonchev–Trinajstić information content (AvgIpc) is 2.60. The molecule has 1 aromatic carbocycles. The van der Waals surface area contributed by atoms with E-state index in [-0.39, 0.29) is 18.4 Å². The number of carbonyl (C=O) groups excluding carboxylic acids is 2. The fraction of sp³-hybridized carbons (Fsp3) is 0.556. The Bertz CT molecular complexity index is 535. The van der Waals surface area contributed by atoms with Gasteiger partial charge in [-0.05, 0) is 18.9 Å². The molecule has 0 aromatic heterocycles. The maximum atomic E-state index is 12.5. The molecule has 1 aliphatic heterocycles. The highest BCUT2D eigenvalue weighted by Gasteiger charge is 2.35. The summed E-state index contributed by atoms with van der Waals surface area (Å²) >= 11 is 0. The van der Waals surface area contributed by atoms with Gasteiger partial charge in [-0.3, -0.25) is 9.59 Å². The largest absolute Gasteiger partial charge is 0.382 e. The number of nitrogens with zero attached hydrogens (tertiary/aromatic N) is 2. The van der Waals surface area contributed by atoms with Crippen molar-refractivity contribution < 1.29 is 19.1 Å². The maximum absolute atomic E-state index is 12.5. The van der Waals surface area contributed by atoms with Crippen molar-refractivity contribution >= 4 is 11.8 Å². The molecule has 2 rings (SSSR count). The molecule has 24 heavy (non-hydrogen) atoms. The summed E-state index contributed by atoms with van der Waals surface area (Å²) in [4.78, 5) is 28.1. The molecule has 6 heteroatoms. The van der Waals surface area contributed by atoms with Crippen LogP contribution in [0.15, 0.2) is 30.3 Å². The van der Waals surface area contributed by atoms with Crippen LogP contribution in [0.5, 0.6) is 0 Å². The molecule has 0 bridgehead atoms. The van der Waals surface area contributed by atoms with Crippen molar-refractivity contribution in [3.05, 3.63) is 35.9 Å². The topological polar surface area (TPSA) is 59.1 Å². The summed E-state index contributed by atoms with van der Waals surface area (Å²) in [6, 6.07) is 9.55. The lowest BCUT2D eigenvalue weighted by atomic mass is 10.1. The predicted molar refractivity (Wildman–Crippen MR) is 90.6 cm³/mol. The zero-order valence-corrected chi connectivity index (χ0v) is 14.4. The van der Waals surface area contributed by atoms with E-state index < -0.39 is 6.04 Å². The minimum atomic E-state index is -0.437. The highest BCUT2D eigenvalue weighted by molar-refractivity contribution is 5.94. The van der Waals surface area contributed by atoms with Crippen LogP contribution in [-0.4, -0.2) is 74.2 Å². The quantitative estimate of drug-likeness (QED) is 0.631. The number of piperazine rings is 1. The summed E-state index contributed by atoms with van der Waals surface area (Å²) in [6.07, 6.45) is 0.757. The van der Waals surface area contributed by atoms with E-state index in [9.17, 15) is 9.59 Å². The van der Waals surface area contributed by atoms with Crippen molar-refractivity contribution in [3.63, 3.8) is 0 Å². The molecule has 0 N–H and O–H groups in total. The summed E-state index contributed by atoms with van der Waals surface area (Å²) in [7, 11) is 1.61. The zero-order valence-electron chi connectivity index (χ0n) is 14.4. The van der Waals surface area contributed by atoms with Crippen LogP contribution < -0.4 is 0 Å². The summed E-state index contributed by atoms with van der Waals surface area (Å²) in [5.41, 5.74) is 1.17. The summed E-state index contributed by atoms with van der Waals surface area (Å²) < 4.78 is 10.3. The third-order valence-electron chi connectivity index (χ3n) is 4.20. The number of hydrogen-bond acceptors (Lipinski definition) is 4. The monoisotopic (exact) mass is 334 g/mol. The van der Waals surface area contributed by atoms with Crippen molar-refractivity contribution in [1.29, 1.82) is 0 Å². The molecule has 1 atom stereocenters. The molecule has 132 valence electrons. The number of ether oxygens (including phenoxy) is 2. The van der Waals surface area contributed by atoms with Crippen molar-refractivity contribution in [2.45, 2.75) is 19.4 Å². The zero-order chi connectivity index (χ0) is 17.4. The smallest absolute Gasteiger partial charge is 0.245 e. The molecule has 0 radical (unpaired) electrons. The van der Waals surface area contributed by atoms with Gasteiger partial charge in [0.2, 0.25) is 11.8 Å². The molecular formula is C18H26N2O4. The molecule has 1 aromatic rings. The first-order valence-corrected chi connectivity index (χ1v) is 8.32. The summed E-state index contributed by atoms with van der Waals surface area (Å²) in [6.45, 7) is 4.35. The van der Waals surface area contributed by atoms with Gasteiger partial charge in [-0.2, -0.15) is 0 Å². The molecular weight excluding hydrogens is 308 g/mol. The number of carbonyl (C=O) groups is 2. The van der Waals surface area contributed by atoms with Crippen LogP contribution in [0.2, 0.25) is 0 Å². The number of amides is 2. The Kier molecular flexibility index (Phi) is 7.21. The number of methoxy groups -OCH3 is 1. The van der Waals surface area contributed by atoms with Gasteiger partial charge in [-0.15, -0.1) is 0 Å². The molecule has 0 spiro atoms. The second kappa shape index (κ2) is 9.39. The molecule has 0 saturated carbocycles. The Morgan fingerprint density at radius 3 is 2.54 bits per heavy atom. The fourth-order valence-corrected chi connectivity index (χ4v) is 2.77. The lowest BCUT2D eigenvalue weighted by Gasteiger charge is -2.38. The van der Waals surface area contributed by atoms with Gasteiger partial charge < -0.3 is 19.3 Å². The van der Waals surface area contributed by atoms with Gasteiger partial charge >= 0.3 is 0 Å². The van der Waals surface area contributed by atoms with Crippen molar-refractivity contribution in [3.8, 4) is 0 Å². The van der Waals surface area contributed by atoms with Crippen molar-refractivity contribution in [2.24, 2.45) is 0 Å². The number of rotatable bonds is 9. The highest BCUT2D eigenvalue weighted by Crippen LogP contribution is 2.13.